The molecule has 1 aliphatic heterocycles. The first-order chi connectivity index (χ1) is 11.6. The molecule has 24 heavy (non-hydrogen) atoms. The van der Waals surface area contributed by atoms with E-state index in [4.69, 9.17) is 16.3 Å². The van der Waals surface area contributed by atoms with Gasteiger partial charge in [-0.05, 0) is 12.1 Å². The summed E-state index contributed by atoms with van der Waals surface area (Å²) in [6.45, 7) is -0.191. The average Bonchev–Trinajstić information content (AvgIpc) is 3.15. The fourth-order valence-corrected chi connectivity index (χ4v) is 3.56. The van der Waals surface area contributed by atoms with Gasteiger partial charge in [-0.15, -0.1) is 11.3 Å². The average molecular weight is 366 g/mol. The maximum Gasteiger partial charge on any atom is 0.416 e. The summed E-state index contributed by atoms with van der Waals surface area (Å²) in [6, 6.07) is 7.64. The van der Waals surface area contributed by atoms with Crippen LogP contribution in [0.1, 0.15) is 4.88 Å². The number of hydrogen-bond acceptors (Lipinski definition) is 6. The lowest BCUT2D eigenvalue weighted by Crippen LogP contribution is -2.35. The van der Waals surface area contributed by atoms with Crippen molar-refractivity contribution in [1.82, 2.24) is 4.90 Å². The van der Waals surface area contributed by atoms with Crippen molar-refractivity contribution in [1.29, 1.82) is 0 Å². The molecular weight excluding hydrogens is 354 g/mol. The highest BCUT2D eigenvalue weighted by atomic mass is 35.5. The van der Waals surface area contributed by atoms with Gasteiger partial charge in [0.25, 0.3) is 5.91 Å². The molecule has 6 nitrogen and oxygen atoms in total. The Morgan fingerprint density at radius 2 is 2.17 bits per heavy atom. The maximum absolute atomic E-state index is 11.7. The van der Waals surface area contributed by atoms with Crippen LogP contribution in [0.15, 0.2) is 30.3 Å². The van der Waals surface area contributed by atoms with Crippen LogP contribution >= 0.6 is 22.9 Å². The first-order valence-electron chi connectivity index (χ1n) is 7.05. The molecule has 1 saturated heterocycles. The monoisotopic (exact) mass is 365 g/mol. The highest BCUT2D eigenvalue weighted by Gasteiger charge is 2.28. The molecule has 0 unspecified atom stereocenters. The minimum Gasteiger partial charge on any atom is -0.452 e. The molecule has 0 atom stereocenters. The number of carbonyl (C=O) groups excluding carboxylic acids is 3. The third-order valence-corrected chi connectivity index (χ3v) is 4.99. The van der Waals surface area contributed by atoms with Crippen LogP contribution in [0.4, 0.5) is 4.79 Å². The lowest BCUT2D eigenvalue weighted by atomic mass is 10.2. The fraction of sp³-hybridized carbons (Fsp3) is 0.188. The van der Waals surface area contributed by atoms with Crippen LogP contribution in [0.5, 0.6) is 0 Å². The van der Waals surface area contributed by atoms with Crippen LogP contribution in [-0.4, -0.2) is 42.6 Å². The summed E-state index contributed by atoms with van der Waals surface area (Å²) in [4.78, 5) is 36.3. The van der Waals surface area contributed by atoms with E-state index in [1.165, 1.54) is 17.4 Å². The molecule has 2 aromatic rings. The summed E-state index contributed by atoms with van der Waals surface area (Å²) in [7, 11) is 0. The molecule has 3 rings (SSSR count). The van der Waals surface area contributed by atoms with Gasteiger partial charge in [0.1, 0.15) is 6.61 Å². The Kier molecular flexibility index (Phi) is 4.82. The predicted molar refractivity (Wildman–Crippen MR) is 89.9 cm³/mol. The Morgan fingerprint density at radius 1 is 1.38 bits per heavy atom. The summed E-state index contributed by atoms with van der Waals surface area (Å²) >= 11 is 7.71. The molecule has 0 N–H and O–H groups in total. The first-order valence-corrected chi connectivity index (χ1v) is 8.24. The molecule has 1 fully saturated rings. The molecule has 1 aromatic carbocycles. The van der Waals surface area contributed by atoms with Crippen molar-refractivity contribution >= 4 is 57.1 Å². The van der Waals surface area contributed by atoms with Crippen molar-refractivity contribution in [2.45, 2.75) is 0 Å². The van der Waals surface area contributed by atoms with Gasteiger partial charge in [-0.2, -0.15) is 0 Å². The Labute approximate surface area is 146 Å². The standard InChI is InChI=1S/C16H12ClNO5S/c17-15-10-3-1-2-4-11(10)24-12(15)5-6-14(20)23-9-13(19)18-7-8-22-16(18)21/h1-6H,7-9H2/b6-5+. The zero-order valence-corrected chi connectivity index (χ0v) is 13.9. The number of esters is 1. The highest BCUT2D eigenvalue weighted by Crippen LogP contribution is 2.35. The number of nitrogens with zero attached hydrogens (tertiary/aromatic N) is 1. The van der Waals surface area contributed by atoms with E-state index in [-0.39, 0.29) is 13.2 Å². The van der Waals surface area contributed by atoms with Crippen LogP contribution in [0, 0.1) is 0 Å². The minimum atomic E-state index is -0.719. The Bertz CT molecular complexity index is 844. The van der Waals surface area contributed by atoms with Gasteiger partial charge >= 0.3 is 12.1 Å². The van der Waals surface area contributed by atoms with E-state index in [0.29, 0.717) is 5.02 Å². The van der Waals surface area contributed by atoms with Crippen molar-refractivity contribution in [3.05, 3.63) is 40.2 Å². The molecule has 0 spiro atoms. The van der Waals surface area contributed by atoms with Gasteiger partial charge in [0.05, 0.1) is 11.6 Å². The lowest BCUT2D eigenvalue weighted by Gasteiger charge is -2.09. The van der Waals surface area contributed by atoms with E-state index in [9.17, 15) is 14.4 Å². The van der Waals surface area contributed by atoms with E-state index in [1.807, 2.05) is 24.3 Å². The highest BCUT2D eigenvalue weighted by molar-refractivity contribution is 7.20. The van der Waals surface area contributed by atoms with Crippen molar-refractivity contribution in [3.8, 4) is 0 Å². The quantitative estimate of drug-likeness (QED) is 0.615. The molecule has 2 heterocycles. The summed E-state index contributed by atoms with van der Waals surface area (Å²) in [5.74, 6) is -1.30. The molecule has 0 aliphatic carbocycles. The first kappa shape index (κ1) is 16.5. The van der Waals surface area contributed by atoms with E-state index < -0.39 is 24.6 Å². The Hall–Kier alpha value is -2.38. The van der Waals surface area contributed by atoms with Crippen LogP contribution in [0.3, 0.4) is 0 Å². The van der Waals surface area contributed by atoms with Crippen LogP contribution in [0.25, 0.3) is 16.2 Å². The number of carbonyl (C=O) groups is 3. The molecule has 8 heteroatoms. The zero-order valence-electron chi connectivity index (χ0n) is 12.4. The second kappa shape index (κ2) is 7.02. The van der Waals surface area contributed by atoms with Gasteiger partial charge in [0, 0.05) is 21.0 Å². The van der Waals surface area contributed by atoms with Crippen LogP contribution in [-0.2, 0) is 19.1 Å². The Morgan fingerprint density at radius 3 is 2.88 bits per heavy atom. The van der Waals surface area contributed by atoms with E-state index in [1.54, 1.807) is 6.08 Å². The fourth-order valence-electron chi connectivity index (χ4n) is 2.16. The number of imide groups is 1. The number of fused-ring (bicyclic) bond motifs is 1. The second-order valence-corrected chi connectivity index (χ2v) is 6.34. The van der Waals surface area contributed by atoms with Gasteiger partial charge < -0.3 is 9.47 Å². The number of hydrogen-bond donors (Lipinski definition) is 0. The number of ether oxygens (including phenoxy) is 2. The number of halogens is 1. The number of benzene rings is 1. The normalized spacial score (nSPS) is 14.4. The Balaban J connectivity index is 1.59. The van der Waals surface area contributed by atoms with Crippen molar-refractivity contribution in [2.75, 3.05) is 19.8 Å². The van der Waals surface area contributed by atoms with Gasteiger partial charge in [-0.3, -0.25) is 4.79 Å². The van der Waals surface area contributed by atoms with Gasteiger partial charge in [-0.1, -0.05) is 29.8 Å². The van der Waals surface area contributed by atoms with E-state index in [2.05, 4.69) is 4.74 Å². The summed E-state index contributed by atoms with van der Waals surface area (Å²) in [6.07, 6.45) is 2.03. The maximum atomic E-state index is 11.7. The summed E-state index contributed by atoms with van der Waals surface area (Å²) in [5, 5.41) is 1.48. The van der Waals surface area contributed by atoms with Crippen LogP contribution in [0.2, 0.25) is 5.02 Å². The molecular formula is C16H12ClNO5S. The number of cyclic esters (lactones) is 1. The molecule has 0 radical (unpaired) electrons. The third-order valence-electron chi connectivity index (χ3n) is 3.33. The smallest absolute Gasteiger partial charge is 0.416 e. The molecule has 1 aromatic heterocycles. The summed E-state index contributed by atoms with van der Waals surface area (Å²) < 4.78 is 10.5. The third kappa shape index (κ3) is 3.42. The lowest BCUT2D eigenvalue weighted by molar-refractivity contribution is -0.146. The van der Waals surface area contributed by atoms with Gasteiger partial charge in [0.15, 0.2) is 6.61 Å². The zero-order chi connectivity index (χ0) is 17.1. The van der Waals surface area contributed by atoms with Crippen molar-refractivity contribution < 1.29 is 23.9 Å². The molecule has 0 saturated carbocycles. The molecule has 2 amide bonds. The molecule has 0 bridgehead atoms. The molecule has 1 aliphatic rings. The van der Waals surface area contributed by atoms with Crippen molar-refractivity contribution in [3.63, 3.8) is 0 Å². The minimum absolute atomic E-state index is 0.156. The number of rotatable bonds is 4. The number of thiophene rings is 1. The molecule has 124 valence electrons. The largest absolute Gasteiger partial charge is 0.452 e. The van der Waals surface area contributed by atoms with Crippen LogP contribution < -0.4 is 0 Å². The SMILES string of the molecule is O=C(/C=C/c1sc2ccccc2c1Cl)OCC(=O)N1CCOC1=O. The van der Waals surface area contributed by atoms with Gasteiger partial charge in [-0.25, -0.2) is 14.5 Å². The van der Waals surface area contributed by atoms with Gasteiger partial charge in [0.2, 0.25) is 0 Å². The second-order valence-electron chi connectivity index (χ2n) is 4.88. The van der Waals surface area contributed by atoms with Crippen molar-refractivity contribution in [2.24, 2.45) is 0 Å². The summed E-state index contributed by atoms with van der Waals surface area (Å²) in [5.41, 5.74) is 0. The topological polar surface area (TPSA) is 72.9 Å². The van der Waals surface area contributed by atoms with E-state index >= 15 is 0 Å². The predicted octanol–water partition coefficient (Wildman–Crippen LogP) is 3.09. The number of amides is 2. The van der Waals surface area contributed by atoms with E-state index in [0.717, 1.165) is 19.9 Å².